The highest BCUT2D eigenvalue weighted by Crippen LogP contribution is 2.55. The van der Waals surface area contributed by atoms with Crippen molar-refractivity contribution in [2.24, 2.45) is 0 Å². The summed E-state index contributed by atoms with van der Waals surface area (Å²) in [5.41, 5.74) is 11.8. The summed E-state index contributed by atoms with van der Waals surface area (Å²) < 4.78 is 28.9. The summed E-state index contributed by atoms with van der Waals surface area (Å²) in [5.74, 6) is 3.48. The lowest BCUT2D eigenvalue weighted by Crippen LogP contribution is -2.20. The van der Waals surface area contributed by atoms with Gasteiger partial charge in [0.05, 0.1) is 5.30 Å². The van der Waals surface area contributed by atoms with Crippen molar-refractivity contribution in [2.75, 3.05) is 0 Å². The molecule has 0 atom stereocenters. The molecule has 0 unspecified atom stereocenters. The molecule has 0 fully saturated rings. The van der Waals surface area contributed by atoms with Gasteiger partial charge in [-0.15, -0.1) is 0 Å². The van der Waals surface area contributed by atoms with Gasteiger partial charge in [-0.3, -0.25) is 0 Å². The van der Waals surface area contributed by atoms with Crippen molar-refractivity contribution in [3.8, 4) is 23.0 Å². The van der Waals surface area contributed by atoms with E-state index in [9.17, 15) is 0 Å². The third-order valence-corrected chi connectivity index (χ3v) is 17.2. The van der Waals surface area contributed by atoms with Crippen molar-refractivity contribution in [3.05, 3.63) is 165 Å². The summed E-state index contributed by atoms with van der Waals surface area (Å²) in [6.45, 7) is 54.5. The van der Waals surface area contributed by atoms with E-state index >= 15 is 0 Å². The highest BCUT2D eigenvalue weighted by Gasteiger charge is 2.33. The second kappa shape index (κ2) is 21.2. The molecule has 5 aromatic carbocycles. The van der Waals surface area contributed by atoms with Crippen LogP contribution in [0.4, 0.5) is 0 Å². The first-order valence-corrected chi connectivity index (χ1v) is 29.5. The number of hydrogen-bond donors (Lipinski definition) is 0. The second-order valence-corrected chi connectivity index (χ2v) is 32.0. The summed E-state index contributed by atoms with van der Waals surface area (Å²) in [6.07, 6.45) is 6.22. The van der Waals surface area contributed by atoms with Crippen LogP contribution in [0.15, 0.2) is 115 Å². The molecule has 0 aliphatic heterocycles. The third-order valence-electron chi connectivity index (χ3n) is 14.2. The van der Waals surface area contributed by atoms with Gasteiger partial charge in [0.15, 0.2) is 0 Å². The first-order valence-electron chi connectivity index (χ1n) is 27.1. The molecular weight excluding hydrogens is 943 g/mol. The molecule has 0 amide bonds. The van der Waals surface area contributed by atoms with Crippen LogP contribution in [0.25, 0.3) is 5.57 Å². The molecule has 1 aliphatic carbocycles. The van der Waals surface area contributed by atoms with Crippen molar-refractivity contribution >= 4 is 27.6 Å². The van der Waals surface area contributed by atoms with Crippen LogP contribution in [-0.4, -0.2) is 0 Å². The maximum absolute atomic E-state index is 7.25. The maximum atomic E-state index is 7.25. The van der Waals surface area contributed by atoms with Gasteiger partial charge in [-0.2, -0.15) is 0 Å². The molecule has 0 N–H and O–H groups in total. The molecule has 6 rings (SSSR count). The Bertz CT molecular complexity index is 2690. The van der Waals surface area contributed by atoms with Gasteiger partial charge < -0.3 is 18.1 Å². The minimum absolute atomic E-state index is 0.0000553. The quantitative estimate of drug-likeness (QED) is 0.124. The molecule has 0 saturated heterocycles. The summed E-state index contributed by atoms with van der Waals surface area (Å²) >= 11 is 0. The molecule has 0 radical (unpaired) electrons. The fourth-order valence-corrected chi connectivity index (χ4v) is 11.8. The molecule has 0 bridgehead atoms. The topological polar surface area (TPSA) is 36.9 Å². The Kier molecular flexibility index (Phi) is 16.9. The van der Waals surface area contributed by atoms with Gasteiger partial charge in [0.25, 0.3) is 0 Å². The maximum Gasteiger partial charge on any atom is 0.326 e. The van der Waals surface area contributed by atoms with E-state index in [1.165, 1.54) is 61.0 Å². The Morgan fingerprint density at radius 3 is 0.824 bits per heavy atom. The number of rotatable bonds is 11. The van der Waals surface area contributed by atoms with Gasteiger partial charge >= 0.3 is 16.8 Å². The Hall–Kier alpha value is -4.36. The van der Waals surface area contributed by atoms with Crippen molar-refractivity contribution in [1.29, 1.82) is 0 Å². The van der Waals surface area contributed by atoms with Gasteiger partial charge in [-0.25, -0.2) is 0 Å². The van der Waals surface area contributed by atoms with Gasteiger partial charge in [-0.1, -0.05) is 239 Å². The fourth-order valence-electron chi connectivity index (χ4n) is 9.08. The number of hydrogen-bond acceptors (Lipinski definition) is 4. The first kappa shape index (κ1) is 58.9. The molecule has 0 aromatic heterocycles. The van der Waals surface area contributed by atoms with Crippen molar-refractivity contribution < 1.29 is 18.1 Å². The van der Waals surface area contributed by atoms with Crippen molar-refractivity contribution in [2.45, 2.75) is 222 Å². The summed E-state index contributed by atoms with van der Waals surface area (Å²) in [7, 11) is -3.15. The zero-order valence-electron chi connectivity index (χ0n) is 50.3. The molecule has 4 nitrogen and oxygen atoms in total. The van der Waals surface area contributed by atoms with Crippen LogP contribution >= 0.6 is 16.8 Å². The second-order valence-electron chi connectivity index (χ2n) is 29.1. The average Bonchev–Trinajstić information content (AvgIpc) is 3.26. The predicted octanol–water partition coefficient (Wildman–Crippen LogP) is 20.7. The smallest absolute Gasteiger partial charge is 0.326 e. The van der Waals surface area contributed by atoms with Crippen LogP contribution in [0.2, 0.25) is 0 Å². The standard InChI is InChI=1S/C68H94O4P2/c1-61(2,3)47-29-37-57(53(41-47)65(13,14)15)69-73(70-58-38-30-48(62(4,5)6)42-54(58)66(16,17)18)51-33-25-45(26-34-51)46-27-35-52(36-28-46)74(71-59-39-31-49(63(7,8)9)43-55(59)67(19,20)21)72-60-40-32-50(64(10,11)12)44-56(60)68(22,23)24/h25-27,29-35,37-44H,28,36H2,1-24H3. The van der Waals surface area contributed by atoms with Crippen LogP contribution in [0, 0.1) is 0 Å². The number of benzene rings is 5. The van der Waals surface area contributed by atoms with Gasteiger partial charge in [0.1, 0.15) is 23.0 Å². The normalized spacial score (nSPS) is 14.5. The van der Waals surface area contributed by atoms with Crippen LogP contribution in [0.5, 0.6) is 23.0 Å². The summed E-state index contributed by atoms with van der Waals surface area (Å²) in [4.78, 5) is 0. The van der Waals surface area contributed by atoms with E-state index in [0.717, 1.165) is 41.1 Å². The third kappa shape index (κ3) is 14.6. The van der Waals surface area contributed by atoms with Crippen LogP contribution < -0.4 is 23.4 Å². The lowest BCUT2D eigenvalue weighted by Gasteiger charge is -2.31. The highest BCUT2D eigenvalue weighted by atomic mass is 31.2. The van der Waals surface area contributed by atoms with E-state index < -0.39 is 16.8 Å². The molecule has 1 aliphatic rings. The number of allylic oxidation sites excluding steroid dienone is 4. The average molecular weight is 1040 g/mol. The molecule has 0 saturated carbocycles. The van der Waals surface area contributed by atoms with Crippen molar-refractivity contribution in [3.63, 3.8) is 0 Å². The highest BCUT2D eigenvalue weighted by molar-refractivity contribution is 7.56. The van der Waals surface area contributed by atoms with Crippen LogP contribution in [0.3, 0.4) is 0 Å². The van der Waals surface area contributed by atoms with Crippen LogP contribution in [0.1, 0.15) is 229 Å². The fraction of sp³-hybridized carbons (Fsp3) is 0.500. The minimum Gasteiger partial charge on any atom is -0.435 e. The largest absolute Gasteiger partial charge is 0.435 e. The Morgan fingerprint density at radius 1 is 0.297 bits per heavy atom. The SMILES string of the molecule is CC(C)(C)c1ccc(OP(Oc2ccc(C(C)(C)C)cc2C(C)(C)C)C2=CC=C(c3ccc(P(Oc4ccc(C(C)(C)C)cc4C(C)(C)C)Oc4ccc(C(C)(C)C)cc4C(C)(C)C)cc3)CC2)c(C(C)(C)C)c1. The van der Waals surface area contributed by atoms with Gasteiger partial charge in [0.2, 0.25) is 0 Å². The molecule has 74 heavy (non-hydrogen) atoms. The molecular formula is C68H94O4P2. The lowest BCUT2D eigenvalue weighted by molar-refractivity contribution is 0.461. The van der Waals surface area contributed by atoms with E-state index in [2.05, 4.69) is 275 Å². The van der Waals surface area contributed by atoms with Gasteiger partial charge in [0, 0.05) is 27.6 Å². The zero-order chi connectivity index (χ0) is 55.4. The molecule has 5 aromatic rings. The van der Waals surface area contributed by atoms with Crippen molar-refractivity contribution in [1.82, 2.24) is 0 Å². The van der Waals surface area contributed by atoms with E-state index in [-0.39, 0.29) is 43.3 Å². The molecule has 400 valence electrons. The van der Waals surface area contributed by atoms with E-state index in [4.69, 9.17) is 18.1 Å². The monoisotopic (exact) mass is 1040 g/mol. The van der Waals surface area contributed by atoms with E-state index in [0.29, 0.717) is 0 Å². The summed E-state index contributed by atoms with van der Waals surface area (Å²) in [6, 6.07) is 35.9. The van der Waals surface area contributed by atoms with E-state index in [1.54, 1.807) is 0 Å². The predicted molar refractivity (Wildman–Crippen MR) is 323 cm³/mol. The Balaban J connectivity index is 1.42. The Morgan fingerprint density at radius 2 is 0.581 bits per heavy atom. The molecule has 0 heterocycles. The minimum atomic E-state index is -1.61. The lowest BCUT2D eigenvalue weighted by atomic mass is 9.80. The molecule has 0 spiro atoms. The van der Waals surface area contributed by atoms with Gasteiger partial charge in [-0.05, 0) is 126 Å². The van der Waals surface area contributed by atoms with E-state index in [1.807, 2.05) is 0 Å². The van der Waals surface area contributed by atoms with Crippen LogP contribution in [-0.2, 0) is 43.3 Å². The zero-order valence-corrected chi connectivity index (χ0v) is 52.1. The summed E-state index contributed by atoms with van der Waals surface area (Å²) in [5, 5.41) is 2.19. The Labute approximate surface area is 453 Å². The first-order chi connectivity index (χ1) is 33.7. The molecule has 6 heteroatoms.